The van der Waals surface area contributed by atoms with E-state index in [0.29, 0.717) is 12.1 Å². The Bertz CT molecular complexity index is 768. The van der Waals surface area contributed by atoms with Gasteiger partial charge in [-0.25, -0.2) is 0 Å². The van der Waals surface area contributed by atoms with Gasteiger partial charge in [-0.3, -0.25) is 0 Å². The van der Waals surface area contributed by atoms with Crippen LogP contribution in [0.5, 0.6) is 11.5 Å². The summed E-state index contributed by atoms with van der Waals surface area (Å²) in [6.07, 6.45) is 8.53. The van der Waals surface area contributed by atoms with Crippen molar-refractivity contribution in [1.82, 2.24) is 5.32 Å². The lowest BCUT2D eigenvalue weighted by Gasteiger charge is -2.31. The lowest BCUT2D eigenvalue weighted by atomic mass is 9.92. The Hall–Kier alpha value is -2.00. The van der Waals surface area contributed by atoms with Crippen LogP contribution in [0.3, 0.4) is 0 Å². The molecule has 2 unspecified atom stereocenters. The summed E-state index contributed by atoms with van der Waals surface area (Å²) < 4.78 is 12.6. The molecule has 2 aromatic carbocycles. The van der Waals surface area contributed by atoms with E-state index in [1.807, 2.05) is 0 Å². The number of benzene rings is 2. The summed E-state index contributed by atoms with van der Waals surface area (Å²) in [7, 11) is 0. The third kappa shape index (κ3) is 5.33. The van der Waals surface area contributed by atoms with E-state index in [-0.39, 0.29) is 6.10 Å². The minimum absolute atomic E-state index is 0.161. The van der Waals surface area contributed by atoms with E-state index < -0.39 is 0 Å². The Morgan fingerprint density at radius 1 is 1.03 bits per heavy atom. The van der Waals surface area contributed by atoms with Gasteiger partial charge in [-0.05, 0) is 80.3 Å². The Kier molecular flexibility index (Phi) is 6.76. The molecule has 29 heavy (non-hydrogen) atoms. The molecule has 1 aliphatic carbocycles. The number of aryl methyl sites for hydroxylation is 1. The van der Waals surface area contributed by atoms with Crippen molar-refractivity contribution in [3.63, 3.8) is 0 Å². The number of ether oxygens (including phenoxy) is 2. The molecule has 1 heterocycles. The lowest BCUT2D eigenvalue weighted by Crippen LogP contribution is -2.38. The molecule has 3 heteroatoms. The normalized spacial score (nSPS) is 25.0. The summed E-state index contributed by atoms with van der Waals surface area (Å²) in [5.74, 6) is 2.78. The van der Waals surface area contributed by atoms with Gasteiger partial charge in [0.25, 0.3) is 0 Å². The number of rotatable bonds is 7. The van der Waals surface area contributed by atoms with Crippen LogP contribution in [0.1, 0.15) is 69.6 Å². The smallest absolute Gasteiger partial charge is 0.124 e. The molecule has 0 bridgehead atoms. The van der Waals surface area contributed by atoms with Crippen LogP contribution in [0.15, 0.2) is 48.5 Å². The molecule has 156 valence electrons. The molecule has 1 saturated carbocycles. The Balaban J connectivity index is 1.28. The first kappa shape index (κ1) is 20.3. The van der Waals surface area contributed by atoms with Crippen LogP contribution >= 0.6 is 0 Å². The predicted molar refractivity (Wildman–Crippen MR) is 119 cm³/mol. The fourth-order valence-electron chi connectivity index (χ4n) is 4.43. The second kappa shape index (κ2) is 9.67. The highest BCUT2D eigenvalue weighted by molar-refractivity contribution is 5.42. The largest absolute Gasteiger partial charge is 0.490 e. The van der Waals surface area contributed by atoms with Gasteiger partial charge in [0.05, 0.1) is 6.10 Å². The van der Waals surface area contributed by atoms with Crippen molar-refractivity contribution in [3.05, 3.63) is 59.7 Å². The minimum atomic E-state index is 0.161. The molecule has 3 nitrogen and oxygen atoms in total. The molecular weight excluding hydrogens is 358 g/mol. The van der Waals surface area contributed by atoms with Crippen LogP contribution in [0.2, 0.25) is 0 Å². The average Bonchev–Trinajstić information content (AvgIpc) is 2.78. The van der Waals surface area contributed by atoms with Crippen LogP contribution in [0.4, 0.5) is 0 Å². The first-order valence-electron chi connectivity index (χ1n) is 11.5. The maximum Gasteiger partial charge on any atom is 0.124 e. The zero-order valence-corrected chi connectivity index (χ0v) is 17.9. The maximum atomic E-state index is 6.34. The fraction of sp³-hybridized carbons (Fsp3) is 0.538. The van der Waals surface area contributed by atoms with E-state index in [9.17, 15) is 0 Å². The Morgan fingerprint density at radius 3 is 2.59 bits per heavy atom. The standard InChI is InChI=1S/C26H35NO2/c1-3-19(2)18-27-22-10-12-23(13-11-22)28-24-14-16-26-21(17-24)9-15-25(29-26)20-7-5-4-6-8-20/h4-8,14,16-17,19,22-23,25,27H,3,9-13,15,18H2,1-2H3/t19?,22-,23-,25?. The minimum Gasteiger partial charge on any atom is -0.490 e. The van der Waals surface area contributed by atoms with E-state index >= 15 is 0 Å². The molecule has 0 radical (unpaired) electrons. The molecule has 2 aromatic rings. The van der Waals surface area contributed by atoms with Crippen LogP contribution in [0.25, 0.3) is 0 Å². The van der Waals surface area contributed by atoms with E-state index in [1.54, 1.807) is 0 Å². The monoisotopic (exact) mass is 393 g/mol. The average molecular weight is 394 g/mol. The van der Waals surface area contributed by atoms with E-state index in [0.717, 1.165) is 49.6 Å². The Morgan fingerprint density at radius 2 is 1.83 bits per heavy atom. The van der Waals surface area contributed by atoms with Gasteiger partial charge in [0, 0.05) is 6.04 Å². The van der Waals surface area contributed by atoms with Crippen molar-refractivity contribution in [1.29, 1.82) is 0 Å². The molecule has 4 rings (SSSR count). The van der Waals surface area contributed by atoms with Gasteiger partial charge in [0.2, 0.25) is 0 Å². The summed E-state index contributed by atoms with van der Waals surface area (Å²) in [5.41, 5.74) is 2.54. The van der Waals surface area contributed by atoms with Crippen molar-refractivity contribution in [2.75, 3.05) is 6.54 Å². The molecule has 1 aliphatic heterocycles. The molecule has 2 atom stereocenters. The van der Waals surface area contributed by atoms with Gasteiger partial charge in [-0.2, -0.15) is 0 Å². The number of hydrogen-bond acceptors (Lipinski definition) is 3. The Labute approximate surface area is 175 Å². The van der Waals surface area contributed by atoms with E-state index in [1.165, 1.54) is 30.4 Å². The summed E-state index contributed by atoms with van der Waals surface area (Å²) >= 11 is 0. The van der Waals surface area contributed by atoms with Crippen molar-refractivity contribution < 1.29 is 9.47 Å². The molecule has 1 fully saturated rings. The van der Waals surface area contributed by atoms with Crippen LogP contribution in [-0.2, 0) is 6.42 Å². The van der Waals surface area contributed by atoms with Crippen molar-refractivity contribution in [2.24, 2.45) is 5.92 Å². The number of fused-ring (bicyclic) bond motifs is 1. The summed E-state index contributed by atoms with van der Waals surface area (Å²) in [5, 5.41) is 3.74. The van der Waals surface area contributed by atoms with Crippen LogP contribution in [0, 0.1) is 5.92 Å². The zero-order chi connectivity index (χ0) is 20.1. The first-order valence-corrected chi connectivity index (χ1v) is 11.5. The quantitative estimate of drug-likeness (QED) is 0.618. The third-order valence-corrected chi connectivity index (χ3v) is 6.58. The van der Waals surface area contributed by atoms with Crippen molar-refractivity contribution in [2.45, 2.75) is 77.0 Å². The van der Waals surface area contributed by atoms with E-state index in [4.69, 9.17) is 9.47 Å². The topological polar surface area (TPSA) is 30.5 Å². The molecule has 0 amide bonds. The predicted octanol–water partition coefficient (Wildman–Crippen LogP) is 6.08. The number of nitrogens with one attached hydrogen (secondary N) is 1. The zero-order valence-electron chi connectivity index (χ0n) is 17.9. The summed E-state index contributed by atoms with van der Waals surface area (Å²) in [4.78, 5) is 0. The van der Waals surface area contributed by atoms with Gasteiger partial charge < -0.3 is 14.8 Å². The highest BCUT2D eigenvalue weighted by Crippen LogP contribution is 2.37. The molecule has 2 aliphatic rings. The van der Waals surface area contributed by atoms with Crippen molar-refractivity contribution in [3.8, 4) is 11.5 Å². The number of hydrogen-bond donors (Lipinski definition) is 1. The first-order chi connectivity index (χ1) is 14.2. The van der Waals surface area contributed by atoms with Crippen molar-refractivity contribution >= 4 is 0 Å². The molecule has 0 saturated heterocycles. The highest BCUT2D eigenvalue weighted by Gasteiger charge is 2.24. The van der Waals surface area contributed by atoms with Gasteiger partial charge in [0.15, 0.2) is 0 Å². The second-order valence-electron chi connectivity index (χ2n) is 8.84. The lowest BCUT2D eigenvalue weighted by molar-refractivity contribution is 0.137. The molecule has 0 spiro atoms. The molecular formula is C26H35NO2. The second-order valence-corrected chi connectivity index (χ2v) is 8.84. The van der Waals surface area contributed by atoms with Gasteiger partial charge in [-0.15, -0.1) is 0 Å². The molecule has 0 aromatic heterocycles. The highest BCUT2D eigenvalue weighted by atomic mass is 16.5. The van der Waals surface area contributed by atoms with Gasteiger partial charge in [-0.1, -0.05) is 50.6 Å². The van der Waals surface area contributed by atoms with Gasteiger partial charge >= 0.3 is 0 Å². The van der Waals surface area contributed by atoms with Crippen LogP contribution < -0.4 is 14.8 Å². The van der Waals surface area contributed by atoms with Gasteiger partial charge in [0.1, 0.15) is 17.6 Å². The molecule has 1 N–H and O–H groups in total. The maximum absolute atomic E-state index is 6.34. The van der Waals surface area contributed by atoms with Crippen LogP contribution in [-0.4, -0.2) is 18.7 Å². The fourth-order valence-corrected chi connectivity index (χ4v) is 4.43. The SMILES string of the molecule is CCC(C)CN[C@H]1CC[C@H](Oc2ccc3c(c2)CCC(c2ccccc2)O3)CC1. The third-order valence-electron chi connectivity index (χ3n) is 6.58. The summed E-state index contributed by atoms with van der Waals surface area (Å²) in [6.45, 7) is 5.73. The summed E-state index contributed by atoms with van der Waals surface area (Å²) in [6, 6.07) is 17.6. The van der Waals surface area contributed by atoms with E-state index in [2.05, 4.69) is 67.7 Å².